The lowest BCUT2D eigenvalue weighted by Gasteiger charge is -2.39. The molecule has 3 fully saturated rings. The largest absolute Gasteiger partial charge is 0.356 e. The van der Waals surface area contributed by atoms with E-state index in [1.54, 1.807) is 0 Å². The van der Waals surface area contributed by atoms with Gasteiger partial charge in [0.1, 0.15) is 0 Å². The van der Waals surface area contributed by atoms with E-state index in [-0.39, 0.29) is 24.0 Å². The molecule has 31 heavy (non-hydrogen) atoms. The Morgan fingerprint density at radius 1 is 0.935 bits per heavy atom. The maximum absolute atomic E-state index is 4.52. The molecule has 166 valence electrons. The highest BCUT2D eigenvalue weighted by Crippen LogP contribution is 2.46. The van der Waals surface area contributed by atoms with Crippen LogP contribution >= 0.6 is 24.0 Å². The summed E-state index contributed by atoms with van der Waals surface area (Å²) in [6.07, 6.45) is 6.40. The monoisotopic (exact) mass is 530 g/mol. The van der Waals surface area contributed by atoms with E-state index in [0.29, 0.717) is 24.0 Å². The first-order valence-corrected chi connectivity index (χ1v) is 11.6. The predicted octanol–water partition coefficient (Wildman–Crippen LogP) is 4.77. The third kappa shape index (κ3) is 5.43. The van der Waals surface area contributed by atoms with Crippen LogP contribution in [0.1, 0.15) is 49.1 Å². The molecule has 2 bridgehead atoms. The number of hydrogen-bond donors (Lipinski definition) is 2. The minimum Gasteiger partial charge on any atom is -0.356 e. The van der Waals surface area contributed by atoms with Crippen LogP contribution in [-0.2, 0) is 6.54 Å². The number of aliphatic imine (C=N–C) groups is 1. The van der Waals surface area contributed by atoms with Gasteiger partial charge in [-0.15, -0.1) is 24.0 Å². The number of halogens is 1. The van der Waals surface area contributed by atoms with E-state index in [1.807, 2.05) is 7.05 Å². The van der Waals surface area contributed by atoms with Crippen LogP contribution in [0.3, 0.4) is 0 Å². The third-order valence-electron chi connectivity index (χ3n) is 7.34. The van der Waals surface area contributed by atoms with Crippen molar-refractivity contribution in [1.29, 1.82) is 0 Å². The topological polar surface area (TPSA) is 39.7 Å². The van der Waals surface area contributed by atoms with Crippen LogP contribution in [0.5, 0.6) is 0 Å². The smallest absolute Gasteiger partial charge is 0.191 e. The molecular weight excluding hydrogens is 495 g/mol. The number of guanidine groups is 1. The molecule has 4 unspecified atom stereocenters. The summed E-state index contributed by atoms with van der Waals surface area (Å²) < 4.78 is 0. The minimum absolute atomic E-state index is 0. The molecule has 5 heteroatoms. The second-order valence-electron chi connectivity index (χ2n) is 9.32. The number of benzene rings is 2. The average Bonchev–Trinajstić information content (AvgIpc) is 3.53. The fourth-order valence-electron chi connectivity index (χ4n) is 5.64. The van der Waals surface area contributed by atoms with Crippen molar-refractivity contribution in [1.82, 2.24) is 15.5 Å². The highest BCUT2D eigenvalue weighted by atomic mass is 127. The second kappa shape index (κ2) is 10.3. The highest BCUT2D eigenvalue weighted by molar-refractivity contribution is 14.0. The van der Waals surface area contributed by atoms with Crippen molar-refractivity contribution >= 4 is 29.9 Å². The van der Waals surface area contributed by atoms with Crippen molar-refractivity contribution in [2.45, 2.75) is 62.7 Å². The molecule has 2 saturated heterocycles. The summed E-state index contributed by atoms with van der Waals surface area (Å²) in [7, 11) is 1.90. The third-order valence-corrected chi connectivity index (χ3v) is 7.34. The van der Waals surface area contributed by atoms with Crippen LogP contribution in [0.15, 0.2) is 65.7 Å². The number of piperidine rings is 1. The quantitative estimate of drug-likeness (QED) is 0.321. The summed E-state index contributed by atoms with van der Waals surface area (Å²) in [6.45, 7) is 2.11. The molecule has 2 heterocycles. The first-order valence-electron chi connectivity index (χ1n) is 11.6. The minimum atomic E-state index is 0. The highest BCUT2D eigenvalue weighted by Gasteiger charge is 2.41. The summed E-state index contributed by atoms with van der Waals surface area (Å²) in [5, 5.41) is 7.35. The molecule has 0 amide bonds. The summed E-state index contributed by atoms with van der Waals surface area (Å²) in [6, 6.07) is 23.8. The van der Waals surface area contributed by atoms with Crippen LogP contribution < -0.4 is 10.6 Å². The molecule has 1 aliphatic carbocycles. The van der Waals surface area contributed by atoms with Gasteiger partial charge in [-0.05, 0) is 55.1 Å². The summed E-state index contributed by atoms with van der Waals surface area (Å²) in [5.74, 6) is 2.43. The lowest BCUT2D eigenvalue weighted by atomic mass is 9.96. The number of fused-ring (bicyclic) bond motifs is 2. The first kappa shape index (κ1) is 22.6. The molecule has 0 spiro atoms. The van der Waals surface area contributed by atoms with Gasteiger partial charge in [-0.2, -0.15) is 0 Å². The average molecular weight is 530 g/mol. The van der Waals surface area contributed by atoms with Crippen molar-refractivity contribution in [3.05, 3.63) is 71.8 Å². The van der Waals surface area contributed by atoms with E-state index in [1.165, 1.54) is 43.2 Å². The Hall–Kier alpha value is -1.60. The molecule has 1 saturated carbocycles. The van der Waals surface area contributed by atoms with Crippen molar-refractivity contribution in [2.75, 3.05) is 13.6 Å². The number of nitrogens with one attached hydrogen (secondary N) is 2. The normalized spacial score (nSPS) is 29.8. The van der Waals surface area contributed by atoms with Gasteiger partial charge in [-0.25, -0.2) is 0 Å². The molecule has 0 radical (unpaired) electrons. The van der Waals surface area contributed by atoms with Gasteiger partial charge < -0.3 is 10.6 Å². The van der Waals surface area contributed by atoms with Crippen LogP contribution in [0, 0.1) is 5.92 Å². The lowest BCUT2D eigenvalue weighted by molar-refractivity contribution is 0.114. The first-order chi connectivity index (χ1) is 14.8. The molecular formula is C26H35IN4. The van der Waals surface area contributed by atoms with Gasteiger partial charge in [-0.1, -0.05) is 60.7 Å². The van der Waals surface area contributed by atoms with E-state index in [4.69, 9.17) is 0 Å². The van der Waals surface area contributed by atoms with Gasteiger partial charge >= 0.3 is 0 Å². The lowest BCUT2D eigenvalue weighted by Crippen LogP contribution is -2.52. The molecule has 2 aliphatic heterocycles. The molecule has 4 nitrogen and oxygen atoms in total. The zero-order valence-electron chi connectivity index (χ0n) is 18.4. The SMILES string of the molecule is CN=C(NCC1CC1c1ccccc1)NC1CC2CCC(C1)N2Cc1ccccc1.I. The Morgan fingerprint density at radius 2 is 1.58 bits per heavy atom. The van der Waals surface area contributed by atoms with Crippen LogP contribution in [0.2, 0.25) is 0 Å². The van der Waals surface area contributed by atoms with Crippen LogP contribution in [0.4, 0.5) is 0 Å². The molecule has 2 N–H and O–H groups in total. The zero-order valence-corrected chi connectivity index (χ0v) is 20.7. The van der Waals surface area contributed by atoms with Gasteiger partial charge in [0.2, 0.25) is 0 Å². The van der Waals surface area contributed by atoms with E-state index < -0.39 is 0 Å². The molecule has 2 aromatic carbocycles. The van der Waals surface area contributed by atoms with Crippen LogP contribution in [-0.4, -0.2) is 42.6 Å². The Labute approximate surface area is 203 Å². The standard InChI is InChI=1S/C26H34N4.HI/c1-27-26(28-17-21-14-25(21)20-10-6-3-7-11-20)29-22-15-23-12-13-24(16-22)30(23)18-19-8-4-2-5-9-19;/h2-11,21-25H,12-18H2,1H3,(H2,27,28,29);1H. The molecule has 3 aliphatic rings. The Morgan fingerprint density at radius 3 is 2.23 bits per heavy atom. The predicted molar refractivity (Wildman–Crippen MR) is 139 cm³/mol. The van der Waals surface area contributed by atoms with Crippen LogP contribution in [0.25, 0.3) is 0 Å². The van der Waals surface area contributed by atoms with Gasteiger partial charge in [0.05, 0.1) is 0 Å². The molecule has 5 rings (SSSR count). The summed E-state index contributed by atoms with van der Waals surface area (Å²) in [4.78, 5) is 7.27. The Kier molecular flexibility index (Phi) is 7.54. The molecule has 4 atom stereocenters. The Balaban J connectivity index is 0.00000231. The van der Waals surface area contributed by atoms with Gasteiger partial charge in [0.15, 0.2) is 5.96 Å². The zero-order chi connectivity index (χ0) is 20.3. The van der Waals surface area contributed by atoms with Gasteiger partial charge in [-0.3, -0.25) is 9.89 Å². The Bertz CT molecular complexity index is 842. The maximum atomic E-state index is 4.52. The van der Waals surface area contributed by atoms with Crippen molar-refractivity contribution < 1.29 is 0 Å². The fraction of sp³-hybridized carbons (Fsp3) is 0.500. The van der Waals surface area contributed by atoms with Crippen molar-refractivity contribution in [3.63, 3.8) is 0 Å². The van der Waals surface area contributed by atoms with Gasteiger partial charge in [0.25, 0.3) is 0 Å². The van der Waals surface area contributed by atoms with E-state index in [0.717, 1.165) is 25.0 Å². The second-order valence-corrected chi connectivity index (χ2v) is 9.32. The van der Waals surface area contributed by atoms with E-state index in [2.05, 4.69) is 81.2 Å². The summed E-state index contributed by atoms with van der Waals surface area (Å²) >= 11 is 0. The van der Waals surface area contributed by atoms with Crippen molar-refractivity contribution in [3.8, 4) is 0 Å². The maximum Gasteiger partial charge on any atom is 0.191 e. The molecule has 2 aromatic rings. The van der Waals surface area contributed by atoms with Gasteiger partial charge in [0, 0.05) is 38.3 Å². The van der Waals surface area contributed by atoms with Crippen molar-refractivity contribution in [2.24, 2.45) is 10.9 Å². The van der Waals surface area contributed by atoms with E-state index in [9.17, 15) is 0 Å². The van der Waals surface area contributed by atoms with E-state index >= 15 is 0 Å². The fourth-order valence-corrected chi connectivity index (χ4v) is 5.64. The number of rotatable bonds is 6. The molecule has 0 aromatic heterocycles. The number of hydrogen-bond acceptors (Lipinski definition) is 2. The number of nitrogens with zero attached hydrogens (tertiary/aromatic N) is 2. The summed E-state index contributed by atoms with van der Waals surface area (Å²) in [5.41, 5.74) is 2.92.